The zero-order chi connectivity index (χ0) is 23.0. The number of piperidine rings is 1. The van der Waals surface area contributed by atoms with Crippen LogP contribution in [-0.4, -0.2) is 41.9 Å². The van der Waals surface area contributed by atoms with Crippen molar-refractivity contribution in [2.45, 2.75) is 42.2 Å². The molecule has 1 atom stereocenters. The Kier molecular flexibility index (Phi) is 6.02. The van der Waals surface area contributed by atoms with Gasteiger partial charge in [-0.2, -0.15) is 9.29 Å². The van der Waals surface area contributed by atoms with E-state index in [0.29, 0.717) is 48.3 Å². The Labute approximate surface area is 194 Å². The molecule has 11 heteroatoms. The second kappa shape index (κ2) is 8.96. The number of amides is 1. The van der Waals surface area contributed by atoms with Gasteiger partial charge in [-0.15, -0.1) is 11.3 Å². The van der Waals surface area contributed by atoms with E-state index in [1.165, 1.54) is 22.5 Å². The molecule has 3 aromatic rings. The fraction of sp³-hybridized carbons (Fsp3) is 0.409. The molecule has 1 aliphatic heterocycles. The highest BCUT2D eigenvalue weighted by molar-refractivity contribution is 7.91. The highest BCUT2D eigenvalue weighted by Crippen LogP contribution is 2.37. The first-order chi connectivity index (χ1) is 15.9. The molecule has 2 fully saturated rings. The molecule has 0 radical (unpaired) electrons. The number of halogens is 1. The summed E-state index contributed by atoms with van der Waals surface area (Å²) in [5.74, 6) is 0.0178. The second-order valence-corrected chi connectivity index (χ2v) is 11.5. The predicted octanol–water partition coefficient (Wildman–Crippen LogP) is 4.24. The monoisotopic (exact) mass is 490 g/mol. The Balaban J connectivity index is 1.28. The highest BCUT2D eigenvalue weighted by atomic mass is 32.2. The van der Waals surface area contributed by atoms with E-state index in [1.807, 2.05) is 0 Å². The molecule has 1 N–H and O–H groups in total. The van der Waals surface area contributed by atoms with Gasteiger partial charge in [0.25, 0.3) is 10.0 Å². The van der Waals surface area contributed by atoms with Crippen molar-refractivity contribution in [1.29, 1.82) is 0 Å². The van der Waals surface area contributed by atoms with Gasteiger partial charge in [0.1, 0.15) is 10.0 Å². The molecule has 1 saturated carbocycles. The van der Waals surface area contributed by atoms with Crippen LogP contribution in [0.5, 0.6) is 0 Å². The Morgan fingerprint density at radius 1 is 1.21 bits per heavy atom. The number of carbonyl (C=O) groups is 1. The summed E-state index contributed by atoms with van der Waals surface area (Å²) in [7, 11) is -3.77. The number of thiophene rings is 1. The van der Waals surface area contributed by atoms with Crippen molar-refractivity contribution in [3.63, 3.8) is 0 Å². The van der Waals surface area contributed by atoms with Crippen molar-refractivity contribution in [3.05, 3.63) is 47.4 Å². The summed E-state index contributed by atoms with van der Waals surface area (Å²) in [5, 5.41) is 8.41. The van der Waals surface area contributed by atoms with Crippen LogP contribution in [-0.2, 0) is 14.8 Å². The molecule has 8 nitrogen and oxygen atoms in total. The number of sulfonamides is 1. The molecule has 0 spiro atoms. The van der Waals surface area contributed by atoms with Crippen molar-refractivity contribution in [1.82, 2.24) is 14.4 Å². The molecular weight excluding hydrogens is 467 g/mol. The number of rotatable bonds is 6. The van der Waals surface area contributed by atoms with E-state index >= 15 is 0 Å². The van der Waals surface area contributed by atoms with Crippen LogP contribution >= 0.6 is 11.3 Å². The highest BCUT2D eigenvalue weighted by Gasteiger charge is 2.34. The fourth-order valence-corrected chi connectivity index (χ4v) is 6.89. The van der Waals surface area contributed by atoms with E-state index < -0.39 is 21.8 Å². The zero-order valence-corrected chi connectivity index (χ0v) is 19.4. The average molecular weight is 491 g/mol. The van der Waals surface area contributed by atoms with Gasteiger partial charge in [0.15, 0.2) is 0 Å². The standard InChI is InChI=1S/C22H23FN4O4S2/c23-17-7-2-8-18(11-17)24-21(28)15-6-3-9-27(12-15)33(29,30)19-10-16(13-32-19)20-25-22(31-26-20)14-4-1-5-14/h2,7-8,10-11,13-15H,1,3-6,9,12H2,(H,24,28)/t15-/m1/s1. The third kappa shape index (κ3) is 4.57. The Morgan fingerprint density at radius 3 is 2.82 bits per heavy atom. The second-order valence-electron chi connectivity index (χ2n) is 8.44. The molecule has 5 rings (SSSR count). The third-order valence-corrected chi connectivity index (χ3v) is 9.45. The summed E-state index contributed by atoms with van der Waals surface area (Å²) in [5.41, 5.74) is 0.953. The van der Waals surface area contributed by atoms with Gasteiger partial charge >= 0.3 is 0 Å². The Morgan fingerprint density at radius 2 is 2.06 bits per heavy atom. The van der Waals surface area contributed by atoms with Crippen LogP contribution in [0.2, 0.25) is 0 Å². The minimum atomic E-state index is -3.77. The summed E-state index contributed by atoms with van der Waals surface area (Å²) in [6.07, 6.45) is 4.35. The molecule has 1 aromatic carbocycles. The summed E-state index contributed by atoms with van der Waals surface area (Å²) < 4.78 is 46.8. The van der Waals surface area contributed by atoms with E-state index in [1.54, 1.807) is 17.5 Å². The van der Waals surface area contributed by atoms with Gasteiger partial charge in [-0.25, -0.2) is 12.8 Å². The maximum Gasteiger partial charge on any atom is 0.252 e. The quantitative estimate of drug-likeness (QED) is 0.554. The SMILES string of the molecule is O=C(Nc1cccc(F)c1)[C@@H]1CCCN(S(=O)(=O)c2cc(-c3noc(C4CCC4)n3)cs2)C1. The average Bonchev–Trinajstić information content (AvgIpc) is 3.43. The normalized spacial score (nSPS) is 19.8. The van der Waals surface area contributed by atoms with Gasteiger partial charge in [0, 0.05) is 35.6 Å². The molecule has 33 heavy (non-hydrogen) atoms. The topological polar surface area (TPSA) is 105 Å². The lowest BCUT2D eigenvalue weighted by molar-refractivity contribution is -0.120. The van der Waals surface area contributed by atoms with Crippen LogP contribution < -0.4 is 5.32 Å². The number of nitrogens with zero attached hydrogens (tertiary/aromatic N) is 3. The van der Waals surface area contributed by atoms with Crippen LogP contribution in [0.3, 0.4) is 0 Å². The first-order valence-electron chi connectivity index (χ1n) is 10.9. The lowest BCUT2D eigenvalue weighted by Crippen LogP contribution is -2.43. The zero-order valence-electron chi connectivity index (χ0n) is 17.7. The summed E-state index contributed by atoms with van der Waals surface area (Å²) in [4.78, 5) is 17.1. The summed E-state index contributed by atoms with van der Waals surface area (Å²) in [6, 6.07) is 7.20. The largest absolute Gasteiger partial charge is 0.339 e. The molecule has 3 heterocycles. The number of hydrogen-bond acceptors (Lipinski definition) is 7. The molecule has 1 saturated heterocycles. The van der Waals surface area contributed by atoms with E-state index in [0.717, 1.165) is 30.6 Å². The Hall–Kier alpha value is -2.63. The van der Waals surface area contributed by atoms with Gasteiger partial charge < -0.3 is 9.84 Å². The molecule has 0 unspecified atom stereocenters. The fourth-order valence-electron chi connectivity index (χ4n) is 4.06. The maximum atomic E-state index is 13.4. The van der Waals surface area contributed by atoms with Crippen LogP contribution in [0.4, 0.5) is 10.1 Å². The van der Waals surface area contributed by atoms with Crippen molar-refractivity contribution in [2.75, 3.05) is 18.4 Å². The molecule has 2 aromatic heterocycles. The van der Waals surface area contributed by atoms with Crippen LogP contribution in [0.1, 0.15) is 43.9 Å². The van der Waals surface area contributed by atoms with E-state index in [4.69, 9.17) is 4.52 Å². The van der Waals surface area contributed by atoms with Gasteiger partial charge in [0.05, 0.1) is 5.92 Å². The molecular formula is C22H23FN4O4S2. The lowest BCUT2D eigenvalue weighted by atomic mass is 9.85. The molecule has 1 aliphatic carbocycles. The summed E-state index contributed by atoms with van der Waals surface area (Å²) >= 11 is 1.10. The number of aromatic nitrogens is 2. The van der Waals surface area contributed by atoms with Crippen molar-refractivity contribution in [3.8, 4) is 11.4 Å². The van der Waals surface area contributed by atoms with Crippen molar-refractivity contribution in [2.24, 2.45) is 5.92 Å². The first-order valence-corrected chi connectivity index (χ1v) is 13.2. The van der Waals surface area contributed by atoms with Crippen molar-refractivity contribution >= 4 is 33.0 Å². The number of carbonyl (C=O) groups excluding carboxylic acids is 1. The van der Waals surface area contributed by atoms with Crippen molar-refractivity contribution < 1.29 is 22.1 Å². The smallest absolute Gasteiger partial charge is 0.252 e. The number of anilines is 1. The van der Waals surface area contributed by atoms with Crippen LogP contribution in [0.15, 0.2) is 44.4 Å². The van der Waals surface area contributed by atoms with E-state index in [-0.39, 0.29) is 16.7 Å². The summed E-state index contributed by atoms with van der Waals surface area (Å²) in [6.45, 7) is 0.415. The number of hydrogen-bond donors (Lipinski definition) is 1. The minimum Gasteiger partial charge on any atom is -0.339 e. The van der Waals surface area contributed by atoms with Gasteiger partial charge in [-0.05, 0) is 49.9 Å². The third-order valence-electron chi connectivity index (χ3n) is 6.17. The van der Waals surface area contributed by atoms with Gasteiger partial charge in [-0.1, -0.05) is 17.6 Å². The minimum absolute atomic E-state index is 0.0742. The van der Waals surface area contributed by atoms with E-state index in [9.17, 15) is 17.6 Å². The maximum absolute atomic E-state index is 13.4. The lowest BCUT2D eigenvalue weighted by Gasteiger charge is -2.30. The molecule has 2 aliphatic rings. The van der Waals surface area contributed by atoms with E-state index in [2.05, 4.69) is 15.5 Å². The first kappa shape index (κ1) is 22.2. The van der Waals surface area contributed by atoms with Gasteiger partial charge in [0.2, 0.25) is 17.6 Å². The van der Waals surface area contributed by atoms with Crippen LogP contribution in [0.25, 0.3) is 11.4 Å². The molecule has 174 valence electrons. The molecule has 1 amide bonds. The van der Waals surface area contributed by atoms with Gasteiger partial charge in [-0.3, -0.25) is 4.79 Å². The van der Waals surface area contributed by atoms with Crippen LogP contribution in [0, 0.1) is 11.7 Å². The number of benzene rings is 1. The molecule has 0 bridgehead atoms. The number of nitrogens with one attached hydrogen (secondary N) is 1. The predicted molar refractivity (Wildman–Crippen MR) is 121 cm³/mol. The Bertz CT molecular complexity index is 1270.